The molecule has 0 saturated heterocycles. The van der Waals surface area contributed by atoms with Crippen LogP contribution >= 0.6 is 0 Å². The molecular formula is C14H19NO2. The van der Waals surface area contributed by atoms with Crippen LogP contribution in [-0.2, 0) is 10.4 Å². The van der Waals surface area contributed by atoms with Gasteiger partial charge in [-0.3, -0.25) is 4.79 Å². The van der Waals surface area contributed by atoms with E-state index in [-0.39, 0.29) is 5.91 Å². The summed E-state index contributed by atoms with van der Waals surface area (Å²) in [6.45, 7) is 4.63. The first-order valence-electron chi connectivity index (χ1n) is 6.29. The predicted octanol–water partition coefficient (Wildman–Crippen LogP) is 2.43. The molecule has 0 saturated carbocycles. The lowest BCUT2D eigenvalue weighted by Crippen LogP contribution is -2.40. The van der Waals surface area contributed by atoms with Gasteiger partial charge >= 0.3 is 0 Å². The Labute approximate surface area is 102 Å². The van der Waals surface area contributed by atoms with Gasteiger partial charge in [-0.05, 0) is 18.9 Å². The van der Waals surface area contributed by atoms with Crippen molar-refractivity contribution in [3.8, 4) is 0 Å². The molecule has 0 bridgehead atoms. The number of carbonyl (C=O) groups is 1. The number of benzene rings is 1. The van der Waals surface area contributed by atoms with Crippen LogP contribution in [-0.4, -0.2) is 17.6 Å². The monoisotopic (exact) mass is 233 g/mol. The molecule has 1 aromatic rings. The van der Waals surface area contributed by atoms with Gasteiger partial charge in [0.25, 0.3) is 5.91 Å². The fourth-order valence-corrected chi connectivity index (χ4v) is 2.39. The van der Waals surface area contributed by atoms with Crippen molar-refractivity contribution in [2.24, 2.45) is 0 Å². The Hall–Kier alpha value is -1.35. The summed E-state index contributed by atoms with van der Waals surface area (Å²) in [4.78, 5) is 14.0. The molecule has 0 aliphatic carbocycles. The molecule has 1 aliphatic heterocycles. The Balaban J connectivity index is 2.42. The zero-order chi connectivity index (χ0) is 12.5. The molecule has 1 aromatic carbocycles. The molecule has 2 rings (SSSR count). The minimum Gasteiger partial charge on any atom is -0.375 e. The molecule has 1 atom stereocenters. The van der Waals surface area contributed by atoms with E-state index in [4.69, 9.17) is 0 Å². The van der Waals surface area contributed by atoms with Crippen molar-refractivity contribution >= 4 is 11.6 Å². The summed E-state index contributed by atoms with van der Waals surface area (Å²) >= 11 is 0. The van der Waals surface area contributed by atoms with E-state index in [2.05, 4.69) is 6.92 Å². The highest BCUT2D eigenvalue weighted by atomic mass is 16.3. The number of amides is 1. The number of rotatable bonds is 4. The van der Waals surface area contributed by atoms with Crippen LogP contribution in [0.5, 0.6) is 0 Å². The zero-order valence-corrected chi connectivity index (χ0v) is 10.4. The van der Waals surface area contributed by atoms with Crippen LogP contribution in [0.15, 0.2) is 24.3 Å². The van der Waals surface area contributed by atoms with E-state index < -0.39 is 5.60 Å². The van der Waals surface area contributed by atoms with E-state index in [1.807, 2.05) is 31.2 Å². The predicted molar refractivity (Wildman–Crippen MR) is 67.9 cm³/mol. The molecule has 1 heterocycles. The Morgan fingerprint density at radius 1 is 1.29 bits per heavy atom. The van der Waals surface area contributed by atoms with Crippen LogP contribution in [0.25, 0.3) is 0 Å². The number of hydrogen-bond donors (Lipinski definition) is 1. The fraction of sp³-hybridized carbons (Fsp3) is 0.500. The zero-order valence-electron chi connectivity index (χ0n) is 10.4. The summed E-state index contributed by atoms with van der Waals surface area (Å²) in [6, 6.07) is 7.54. The molecule has 17 heavy (non-hydrogen) atoms. The maximum Gasteiger partial charge on any atom is 0.263 e. The average molecular weight is 233 g/mol. The lowest BCUT2D eigenvalue weighted by atomic mass is 9.93. The summed E-state index contributed by atoms with van der Waals surface area (Å²) in [5.74, 6) is -0.172. The minimum absolute atomic E-state index is 0.172. The lowest BCUT2D eigenvalue weighted by molar-refractivity contribution is -0.136. The van der Waals surface area contributed by atoms with Crippen LogP contribution in [0.2, 0.25) is 0 Å². The molecule has 1 aliphatic rings. The smallest absolute Gasteiger partial charge is 0.263 e. The van der Waals surface area contributed by atoms with Gasteiger partial charge in [0.15, 0.2) is 5.60 Å². The molecule has 0 aromatic heterocycles. The number of unbranched alkanes of at least 4 members (excludes halogenated alkanes) is 1. The minimum atomic E-state index is -1.32. The Morgan fingerprint density at radius 3 is 2.65 bits per heavy atom. The molecule has 1 amide bonds. The number of fused-ring (bicyclic) bond motifs is 1. The number of para-hydroxylation sites is 1. The Morgan fingerprint density at radius 2 is 2.00 bits per heavy atom. The molecular weight excluding hydrogens is 214 g/mol. The molecule has 3 nitrogen and oxygen atoms in total. The molecule has 0 radical (unpaired) electrons. The van der Waals surface area contributed by atoms with E-state index in [1.54, 1.807) is 4.90 Å². The molecule has 3 heteroatoms. The first kappa shape index (κ1) is 12.1. The third-order valence-corrected chi connectivity index (χ3v) is 3.49. The van der Waals surface area contributed by atoms with Crippen LogP contribution in [0.1, 0.15) is 38.7 Å². The van der Waals surface area contributed by atoms with Gasteiger partial charge in [0.2, 0.25) is 0 Å². The van der Waals surface area contributed by atoms with Crippen molar-refractivity contribution in [3.63, 3.8) is 0 Å². The van der Waals surface area contributed by atoms with Gasteiger partial charge in [0, 0.05) is 12.1 Å². The third-order valence-electron chi connectivity index (χ3n) is 3.49. The normalized spacial score (nSPS) is 23.0. The van der Waals surface area contributed by atoms with E-state index in [0.29, 0.717) is 13.0 Å². The molecule has 92 valence electrons. The standard InChI is InChI=1S/C14H19NO2/c1-3-5-10-15-12-9-7-6-8-11(12)14(17,4-2)13(15)16/h6-9,17H,3-5,10H2,1-2H3. The summed E-state index contributed by atoms with van der Waals surface area (Å²) in [5.41, 5.74) is 0.309. The summed E-state index contributed by atoms with van der Waals surface area (Å²) in [6.07, 6.45) is 2.42. The second-order valence-corrected chi connectivity index (χ2v) is 4.54. The number of hydrogen-bond acceptors (Lipinski definition) is 2. The van der Waals surface area contributed by atoms with Crippen LogP contribution in [0, 0.1) is 0 Å². The van der Waals surface area contributed by atoms with Gasteiger partial charge in [-0.1, -0.05) is 38.5 Å². The number of nitrogens with zero attached hydrogens (tertiary/aromatic N) is 1. The summed E-state index contributed by atoms with van der Waals surface area (Å²) in [5, 5.41) is 10.5. The fourth-order valence-electron chi connectivity index (χ4n) is 2.39. The SMILES string of the molecule is CCCCN1C(=O)C(O)(CC)c2ccccc21. The van der Waals surface area contributed by atoms with E-state index in [0.717, 1.165) is 24.1 Å². The molecule has 1 N–H and O–H groups in total. The number of aliphatic hydroxyl groups is 1. The van der Waals surface area contributed by atoms with Crippen molar-refractivity contribution in [2.45, 2.75) is 38.7 Å². The molecule has 0 spiro atoms. The van der Waals surface area contributed by atoms with Crippen LogP contribution in [0.3, 0.4) is 0 Å². The van der Waals surface area contributed by atoms with Crippen molar-refractivity contribution in [1.82, 2.24) is 0 Å². The molecule has 1 unspecified atom stereocenters. The summed E-state index contributed by atoms with van der Waals surface area (Å²) < 4.78 is 0. The number of anilines is 1. The Bertz CT molecular complexity index is 430. The highest BCUT2D eigenvalue weighted by molar-refractivity contribution is 6.06. The van der Waals surface area contributed by atoms with Crippen molar-refractivity contribution in [2.75, 3.05) is 11.4 Å². The topological polar surface area (TPSA) is 40.5 Å². The second kappa shape index (κ2) is 4.49. The van der Waals surface area contributed by atoms with E-state index >= 15 is 0 Å². The lowest BCUT2D eigenvalue weighted by Gasteiger charge is -2.21. The van der Waals surface area contributed by atoms with E-state index in [9.17, 15) is 9.90 Å². The van der Waals surface area contributed by atoms with Crippen molar-refractivity contribution in [1.29, 1.82) is 0 Å². The summed E-state index contributed by atoms with van der Waals surface area (Å²) in [7, 11) is 0. The highest BCUT2D eigenvalue weighted by Crippen LogP contribution is 2.41. The van der Waals surface area contributed by atoms with Gasteiger partial charge in [-0.2, -0.15) is 0 Å². The Kier molecular flexibility index (Phi) is 3.20. The highest BCUT2D eigenvalue weighted by Gasteiger charge is 2.47. The molecule has 0 fully saturated rings. The van der Waals surface area contributed by atoms with Crippen LogP contribution in [0.4, 0.5) is 5.69 Å². The van der Waals surface area contributed by atoms with Gasteiger partial charge < -0.3 is 10.0 Å². The second-order valence-electron chi connectivity index (χ2n) is 4.54. The third kappa shape index (κ3) is 1.75. The maximum atomic E-state index is 12.3. The van der Waals surface area contributed by atoms with Gasteiger partial charge in [-0.15, -0.1) is 0 Å². The van der Waals surface area contributed by atoms with Gasteiger partial charge in [0.1, 0.15) is 0 Å². The van der Waals surface area contributed by atoms with Gasteiger partial charge in [0.05, 0.1) is 5.69 Å². The maximum absolute atomic E-state index is 12.3. The first-order valence-corrected chi connectivity index (χ1v) is 6.29. The van der Waals surface area contributed by atoms with Crippen molar-refractivity contribution in [3.05, 3.63) is 29.8 Å². The quantitative estimate of drug-likeness (QED) is 0.867. The van der Waals surface area contributed by atoms with Crippen molar-refractivity contribution < 1.29 is 9.90 Å². The average Bonchev–Trinajstić information content (AvgIpc) is 2.58. The number of carbonyl (C=O) groups excluding carboxylic acids is 1. The van der Waals surface area contributed by atoms with Gasteiger partial charge in [-0.25, -0.2) is 0 Å². The van der Waals surface area contributed by atoms with E-state index in [1.165, 1.54) is 0 Å². The van der Waals surface area contributed by atoms with Crippen LogP contribution < -0.4 is 4.90 Å². The first-order chi connectivity index (χ1) is 8.15. The largest absolute Gasteiger partial charge is 0.375 e.